The number of carbonyl (C=O) groups excluding carboxylic acids is 2. The quantitative estimate of drug-likeness (QED) is 0.655. The van der Waals surface area contributed by atoms with E-state index in [2.05, 4.69) is 20.9 Å². The number of nitrogens with zero attached hydrogens (tertiary/aromatic N) is 1. The van der Waals surface area contributed by atoms with E-state index in [1.165, 1.54) is 11.1 Å². The molecule has 3 heterocycles. The van der Waals surface area contributed by atoms with Gasteiger partial charge in [0.25, 0.3) is 11.8 Å². The molecule has 1 aliphatic heterocycles. The van der Waals surface area contributed by atoms with Crippen LogP contribution < -0.4 is 16.0 Å². The number of fused-ring (bicyclic) bond motifs is 1. The highest BCUT2D eigenvalue weighted by Crippen LogP contribution is 2.38. The zero-order valence-electron chi connectivity index (χ0n) is 16.0. The van der Waals surface area contributed by atoms with Gasteiger partial charge in [-0.3, -0.25) is 14.6 Å². The smallest absolute Gasteiger partial charge is 0.257 e. The van der Waals surface area contributed by atoms with Crippen LogP contribution in [0.4, 0.5) is 5.00 Å². The van der Waals surface area contributed by atoms with Crippen molar-refractivity contribution in [3.05, 3.63) is 46.1 Å². The number of aromatic nitrogens is 1. The van der Waals surface area contributed by atoms with Crippen molar-refractivity contribution in [3.63, 3.8) is 0 Å². The van der Waals surface area contributed by atoms with E-state index < -0.39 is 0 Å². The first kappa shape index (κ1) is 23.6. The van der Waals surface area contributed by atoms with Crippen LogP contribution in [-0.4, -0.2) is 35.9 Å². The molecule has 0 unspecified atom stereocenters. The number of piperidine rings is 1. The third kappa shape index (κ3) is 5.48. The Bertz CT molecular complexity index is 839. The van der Waals surface area contributed by atoms with Crippen LogP contribution in [0.15, 0.2) is 24.5 Å². The molecular weight excluding hydrogens is 431 g/mol. The lowest BCUT2D eigenvalue weighted by Gasteiger charge is -2.24. The molecule has 6 nitrogen and oxygen atoms in total. The number of nitrogens with one attached hydrogen (secondary N) is 3. The molecule has 4 rings (SSSR count). The van der Waals surface area contributed by atoms with E-state index in [9.17, 15) is 9.59 Å². The van der Waals surface area contributed by atoms with E-state index in [1.807, 2.05) is 0 Å². The Morgan fingerprint density at radius 2 is 1.86 bits per heavy atom. The van der Waals surface area contributed by atoms with Crippen molar-refractivity contribution < 1.29 is 9.59 Å². The molecule has 9 heteroatoms. The number of hydrogen-bond donors (Lipinski definition) is 3. The Hall–Kier alpha value is -1.67. The van der Waals surface area contributed by atoms with Crippen LogP contribution in [0.5, 0.6) is 0 Å². The summed E-state index contributed by atoms with van der Waals surface area (Å²) in [5.41, 5.74) is 2.29. The van der Waals surface area contributed by atoms with Crippen LogP contribution in [0.3, 0.4) is 0 Å². The molecule has 0 bridgehead atoms. The Morgan fingerprint density at radius 1 is 1.10 bits per heavy atom. The monoisotopic (exact) mass is 456 g/mol. The normalized spacial score (nSPS) is 16.0. The lowest BCUT2D eigenvalue weighted by Crippen LogP contribution is -2.43. The van der Waals surface area contributed by atoms with E-state index in [4.69, 9.17) is 0 Å². The number of rotatable bonds is 4. The van der Waals surface area contributed by atoms with Crippen molar-refractivity contribution in [2.75, 3.05) is 18.4 Å². The molecule has 0 radical (unpaired) electrons. The van der Waals surface area contributed by atoms with Gasteiger partial charge in [-0.25, -0.2) is 0 Å². The fourth-order valence-electron chi connectivity index (χ4n) is 3.79. The molecule has 2 amide bonds. The van der Waals surface area contributed by atoms with Crippen molar-refractivity contribution >= 4 is 53.0 Å². The Morgan fingerprint density at radius 3 is 2.59 bits per heavy atom. The molecule has 2 aromatic rings. The molecule has 3 N–H and O–H groups in total. The lowest BCUT2D eigenvalue weighted by molar-refractivity contribution is 0.0929. The number of halogens is 2. The van der Waals surface area contributed by atoms with Crippen molar-refractivity contribution in [1.82, 2.24) is 15.6 Å². The zero-order chi connectivity index (χ0) is 18.6. The van der Waals surface area contributed by atoms with Crippen LogP contribution in [0.1, 0.15) is 56.8 Å². The number of carbonyl (C=O) groups is 2. The summed E-state index contributed by atoms with van der Waals surface area (Å²) >= 11 is 1.55. The van der Waals surface area contributed by atoms with Crippen LogP contribution in [0, 0.1) is 0 Å². The maximum absolute atomic E-state index is 13.1. The fourth-order valence-corrected chi connectivity index (χ4v) is 5.07. The fraction of sp³-hybridized carbons (Fsp3) is 0.450. The van der Waals surface area contributed by atoms with Gasteiger partial charge in [0.15, 0.2) is 0 Å². The van der Waals surface area contributed by atoms with Gasteiger partial charge < -0.3 is 16.0 Å². The van der Waals surface area contributed by atoms with E-state index in [1.54, 1.807) is 29.7 Å². The Kier molecular flexibility index (Phi) is 8.89. The largest absolute Gasteiger partial charge is 0.349 e. The van der Waals surface area contributed by atoms with Gasteiger partial charge in [0.05, 0.1) is 11.1 Å². The molecule has 1 saturated heterocycles. The maximum atomic E-state index is 13.1. The van der Waals surface area contributed by atoms with Crippen LogP contribution in [0.25, 0.3) is 0 Å². The maximum Gasteiger partial charge on any atom is 0.257 e. The molecule has 0 atom stereocenters. The number of amides is 2. The molecule has 1 fully saturated rings. The van der Waals surface area contributed by atoms with Crippen LogP contribution in [0.2, 0.25) is 0 Å². The average molecular weight is 457 g/mol. The number of thiophene rings is 1. The first-order valence-corrected chi connectivity index (χ1v) is 10.4. The third-order valence-corrected chi connectivity index (χ3v) is 6.43. The van der Waals surface area contributed by atoms with Crippen molar-refractivity contribution in [3.8, 4) is 0 Å². The van der Waals surface area contributed by atoms with Gasteiger partial charge in [-0.15, -0.1) is 36.2 Å². The highest BCUT2D eigenvalue weighted by atomic mass is 35.5. The van der Waals surface area contributed by atoms with Crippen molar-refractivity contribution in [2.24, 2.45) is 0 Å². The van der Waals surface area contributed by atoms with E-state index in [0.717, 1.165) is 57.2 Å². The van der Waals surface area contributed by atoms with Crippen LogP contribution >= 0.6 is 36.2 Å². The summed E-state index contributed by atoms with van der Waals surface area (Å²) in [6.45, 7) is 1.86. The zero-order valence-corrected chi connectivity index (χ0v) is 18.5. The number of aryl methyl sites for hydroxylation is 1. The predicted molar refractivity (Wildman–Crippen MR) is 121 cm³/mol. The number of anilines is 1. The molecule has 29 heavy (non-hydrogen) atoms. The third-order valence-electron chi connectivity index (χ3n) is 5.22. The lowest BCUT2D eigenvalue weighted by atomic mass is 9.94. The van der Waals surface area contributed by atoms with Crippen LogP contribution in [-0.2, 0) is 12.8 Å². The first-order chi connectivity index (χ1) is 13.2. The summed E-state index contributed by atoms with van der Waals surface area (Å²) in [6.07, 6.45) is 9.17. The second-order valence-electron chi connectivity index (χ2n) is 7.11. The predicted octanol–water partition coefficient (Wildman–Crippen LogP) is 3.60. The minimum Gasteiger partial charge on any atom is -0.349 e. The van der Waals surface area contributed by atoms with Gasteiger partial charge in [-0.1, -0.05) is 0 Å². The van der Waals surface area contributed by atoms with Crippen molar-refractivity contribution in [2.45, 2.75) is 44.6 Å². The van der Waals surface area contributed by atoms with Gasteiger partial charge in [0, 0.05) is 23.3 Å². The minimum atomic E-state index is -0.224. The van der Waals surface area contributed by atoms with Gasteiger partial charge in [0.2, 0.25) is 0 Å². The molecule has 0 saturated carbocycles. The summed E-state index contributed by atoms with van der Waals surface area (Å²) in [6, 6.07) is 3.66. The summed E-state index contributed by atoms with van der Waals surface area (Å²) < 4.78 is 0. The van der Waals surface area contributed by atoms with Gasteiger partial charge >= 0.3 is 0 Å². The van der Waals surface area contributed by atoms with E-state index in [-0.39, 0.29) is 42.7 Å². The highest BCUT2D eigenvalue weighted by Gasteiger charge is 2.28. The Balaban J connectivity index is 0.00000150. The number of hydrogen-bond acceptors (Lipinski definition) is 5. The average Bonchev–Trinajstić information content (AvgIpc) is 3.07. The SMILES string of the molecule is Cl.Cl.O=C(Nc1sc2c(c1C(=O)NC1CCNCC1)CCCC2)c1cccnc1. The molecule has 0 spiro atoms. The topological polar surface area (TPSA) is 83.1 Å². The summed E-state index contributed by atoms with van der Waals surface area (Å²) in [4.78, 5) is 30.9. The number of pyridine rings is 1. The standard InChI is InChI=1S/C20H24N4O2S.2ClH/c25-18(13-4-3-9-22-12-13)24-20-17(15-5-1-2-6-16(15)27-20)19(26)23-14-7-10-21-11-8-14;;/h3-4,9,12,14,21H,1-2,5-8,10-11H2,(H,23,26)(H,24,25);2*1H. The van der Waals surface area contributed by atoms with E-state index in [0.29, 0.717) is 16.1 Å². The molecule has 1 aliphatic carbocycles. The van der Waals surface area contributed by atoms with Crippen molar-refractivity contribution in [1.29, 1.82) is 0 Å². The molecular formula is C20H26Cl2N4O2S. The first-order valence-electron chi connectivity index (χ1n) is 9.60. The molecule has 2 aromatic heterocycles. The molecule has 2 aliphatic rings. The van der Waals surface area contributed by atoms with Gasteiger partial charge in [-0.2, -0.15) is 0 Å². The second kappa shape index (κ2) is 10.9. The van der Waals surface area contributed by atoms with Gasteiger partial charge in [0.1, 0.15) is 5.00 Å². The van der Waals surface area contributed by atoms with E-state index >= 15 is 0 Å². The second-order valence-corrected chi connectivity index (χ2v) is 8.21. The summed E-state index contributed by atoms with van der Waals surface area (Å²) in [5.74, 6) is -0.277. The summed E-state index contributed by atoms with van der Waals surface area (Å²) in [7, 11) is 0. The molecule has 158 valence electrons. The molecule has 0 aromatic carbocycles. The minimum absolute atomic E-state index is 0. The van der Waals surface area contributed by atoms with Gasteiger partial charge in [-0.05, 0) is 69.3 Å². The Labute approximate surface area is 187 Å². The summed E-state index contributed by atoms with van der Waals surface area (Å²) in [5, 5.41) is 10.1. The highest BCUT2D eigenvalue weighted by molar-refractivity contribution is 7.17.